The molecule has 6 heteroatoms. The van der Waals surface area contributed by atoms with Crippen LogP contribution in [0.15, 0.2) is 60.7 Å². The molecule has 4 aromatic rings. The highest BCUT2D eigenvalue weighted by atomic mass is 35.5. The van der Waals surface area contributed by atoms with Crippen LogP contribution in [-0.2, 0) is 0 Å². The lowest BCUT2D eigenvalue weighted by Gasteiger charge is -2.25. The van der Waals surface area contributed by atoms with Gasteiger partial charge in [-0.25, -0.2) is 15.0 Å². The van der Waals surface area contributed by atoms with Crippen LogP contribution in [0, 0.1) is 18.8 Å². The third-order valence-electron chi connectivity index (χ3n) is 7.38. The zero-order chi connectivity index (χ0) is 27.4. The van der Waals surface area contributed by atoms with Gasteiger partial charge in [-0.15, -0.1) is 0 Å². The number of hydrogen-bond donors (Lipinski definition) is 0. The molecule has 1 aromatic heterocycles. The average Bonchev–Trinajstić information content (AvgIpc) is 2.89. The third kappa shape index (κ3) is 6.57. The molecule has 3 nitrogen and oxygen atoms in total. The highest BCUT2D eigenvalue weighted by Crippen LogP contribution is 2.38. The summed E-state index contributed by atoms with van der Waals surface area (Å²) in [6.45, 7) is 11.2. The monoisotopic (exact) mass is 565 g/mol. The maximum Gasteiger partial charge on any atom is 0.163 e. The molecule has 0 aliphatic carbocycles. The van der Waals surface area contributed by atoms with Crippen molar-refractivity contribution < 1.29 is 0 Å². The predicted octanol–water partition coefficient (Wildman–Crippen LogP) is 10.7. The van der Waals surface area contributed by atoms with E-state index in [1.54, 1.807) is 12.1 Å². The minimum Gasteiger partial charge on any atom is -0.213 e. The van der Waals surface area contributed by atoms with E-state index in [0.29, 0.717) is 44.4 Å². The second kappa shape index (κ2) is 12.6. The molecule has 3 atom stereocenters. The van der Waals surface area contributed by atoms with Crippen molar-refractivity contribution in [1.82, 2.24) is 15.0 Å². The summed E-state index contributed by atoms with van der Waals surface area (Å²) in [6, 6.07) is 20.0. The van der Waals surface area contributed by atoms with Gasteiger partial charge in [-0.2, -0.15) is 0 Å². The Labute approximate surface area is 241 Å². The van der Waals surface area contributed by atoms with Crippen molar-refractivity contribution >= 4 is 34.8 Å². The van der Waals surface area contributed by atoms with E-state index in [1.807, 2.05) is 31.2 Å². The first-order chi connectivity index (χ1) is 18.2. The Balaban J connectivity index is 1.59. The van der Waals surface area contributed by atoms with Gasteiger partial charge in [0.2, 0.25) is 0 Å². The van der Waals surface area contributed by atoms with E-state index in [0.717, 1.165) is 34.6 Å². The molecule has 0 spiro atoms. The summed E-state index contributed by atoms with van der Waals surface area (Å²) in [5, 5.41) is 1.53. The van der Waals surface area contributed by atoms with Crippen LogP contribution in [0.3, 0.4) is 0 Å². The van der Waals surface area contributed by atoms with E-state index < -0.39 is 0 Å². The Kier molecular flexibility index (Phi) is 9.46. The summed E-state index contributed by atoms with van der Waals surface area (Å²) < 4.78 is 0. The topological polar surface area (TPSA) is 38.7 Å². The Hall–Kier alpha value is -2.46. The molecular formula is C32H34Cl3N3. The van der Waals surface area contributed by atoms with Crippen LogP contribution in [0.4, 0.5) is 0 Å². The molecule has 0 saturated heterocycles. The van der Waals surface area contributed by atoms with Crippen molar-refractivity contribution in [3.63, 3.8) is 0 Å². The number of aryl methyl sites for hydroxylation is 1. The molecule has 0 saturated carbocycles. The van der Waals surface area contributed by atoms with Crippen molar-refractivity contribution in [3.05, 3.63) is 87.1 Å². The summed E-state index contributed by atoms with van der Waals surface area (Å²) in [4.78, 5) is 14.1. The highest BCUT2D eigenvalue weighted by molar-refractivity contribution is 6.41. The lowest BCUT2D eigenvalue weighted by atomic mass is 9.80. The lowest BCUT2D eigenvalue weighted by Crippen LogP contribution is -2.12. The molecule has 0 radical (unpaired) electrons. The zero-order valence-corrected chi connectivity index (χ0v) is 24.9. The van der Waals surface area contributed by atoms with E-state index in [9.17, 15) is 0 Å². The van der Waals surface area contributed by atoms with Crippen LogP contribution in [0.1, 0.15) is 64.3 Å². The fourth-order valence-electron chi connectivity index (χ4n) is 5.16. The van der Waals surface area contributed by atoms with Gasteiger partial charge in [0, 0.05) is 21.7 Å². The second-order valence-corrected chi connectivity index (χ2v) is 11.5. The number of hydrogen-bond acceptors (Lipinski definition) is 3. The van der Waals surface area contributed by atoms with Crippen molar-refractivity contribution in [2.45, 2.75) is 59.8 Å². The molecule has 3 unspecified atom stereocenters. The summed E-state index contributed by atoms with van der Waals surface area (Å²) >= 11 is 18.9. The van der Waals surface area contributed by atoms with Crippen molar-refractivity contribution in [1.29, 1.82) is 0 Å². The van der Waals surface area contributed by atoms with Crippen LogP contribution >= 0.6 is 34.8 Å². The van der Waals surface area contributed by atoms with Crippen LogP contribution in [0.25, 0.3) is 33.9 Å². The fourth-order valence-corrected chi connectivity index (χ4v) is 6.19. The van der Waals surface area contributed by atoms with Gasteiger partial charge >= 0.3 is 0 Å². The largest absolute Gasteiger partial charge is 0.213 e. The smallest absolute Gasteiger partial charge is 0.163 e. The normalized spacial score (nSPS) is 13.8. The molecule has 0 aliphatic rings. The van der Waals surface area contributed by atoms with E-state index >= 15 is 0 Å². The standard InChI is InChI=1S/C32H34Cl3N3/c1-6-19(3)16-20(4)27(7-2)22-8-12-24(13-9-22)31-36-21(5)37-32(38-31)25-14-10-23(11-15-25)30-28(34)17-26(33)18-29(30)35/h8-15,17-20,27H,6-7,16H2,1-5H3. The zero-order valence-electron chi connectivity index (χ0n) is 22.6. The van der Waals surface area contributed by atoms with Crippen LogP contribution in [0.2, 0.25) is 15.1 Å². The van der Waals surface area contributed by atoms with Gasteiger partial charge in [-0.1, -0.05) is 117 Å². The Bertz CT molecular complexity index is 1360. The fraction of sp³-hybridized carbons (Fsp3) is 0.344. The van der Waals surface area contributed by atoms with Crippen LogP contribution in [-0.4, -0.2) is 15.0 Å². The van der Waals surface area contributed by atoms with E-state index in [1.165, 1.54) is 18.4 Å². The minimum atomic E-state index is 0.507. The van der Waals surface area contributed by atoms with Crippen LogP contribution < -0.4 is 0 Å². The van der Waals surface area contributed by atoms with E-state index in [2.05, 4.69) is 61.9 Å². The maximum atomic E-state index is 6.42. The molecule has 0 N–H and O–H groups in total. The van der Waals surface area contributed by atoms with Crippen molar-refractivity contribution in [3.8, 4) is 33.9 Å². The average molecular weight is 567 g/mol. The number of nitrogens with zero attached hydrogens (tertiary/aromatic N) is 3. The minimum absolute atomic E-state index is 0.507. The first kappa shape index (κ1) is 28.5. The van der Waals surface area contributed by atoms with Gasteiger partial charge in [0.25, 0.3) is 0 Å². The quantitative estimate of drug-likeness (QED) is 0.202. The van der Waals surface area contributed by atoms with Gasteiger partial charge in [0.1, 0.15) is 5.82 Å². The third-order valence-corrected chi connectivity index (χ3v) is 8.20. The van der Waals surface area contributed by atoms with E-state index in [-0.39, 0.29) is 0 Å². The molecular weight excluding hydrogens is 533 g/mol. The molecule has 38 heavy (non-hydrogen) atoms. The molecule has 1 heterocycles. The molecule has 198 valence electrons. The predicted molar refractivity (Wildman–Crippen MR) is 162 cm³/mol. The van der Waals surface area contributed by atoms with Crippen molar-refractivity contribution in [2.75, 3.05) is 0 Å². The molecule has 0 fully saturated rings. The SMILES string of the molecule is CCC(C)CC(C)C(CC)c1ccc(-c2nc(C)nc(-c3ccc(-c4c(Cl)cc(Cl)cc4Cl)cc3)n2)cc1. The number of benzene rings is 3. The van der Waals surface area contributed by atoms with Gasteiger partial charge in [-0.05, 0) is 60.8 Å². The van der Waals surface area contributed by atoms with Gasteiger partial charge in [-0.3, -0.25) is 0 Å². The Morgan fingerprint density at radius 2 is 1.18 bits per heavy atom. The Morgan fingerprint density at radius 3 is 1.68 bits per heavy atom. The first-order valence-corrected chi connectivity index (χ1v) is 14.4. The van der Waals surface area contributed by atoms with Crippen molar-refractivity contribution in [2.24, 2.45) is 11.8 Å². The van der Waals surface area contributed by atoms with Crippen LogP contribution in [0.5, 0.6) is 0 Å². The number of rotatable bonds is 9. The molecule has 0 aliphatic heterocycles. The highest BCUT2D eigenvalue weighted by Gasteiger charge is 2.20. The Morgan fingerprint density at radius 1 is 0.684 bits per heavy atom. The first-order valence-electron chi connectivity index (χ1n) is 13.3. The summed E-state index contributed by atoms with van der Waals surface area (Å²) in [5.74, 6) is 3.93. The number of aromatic nitrogens is 3. The number of halogens is 3. The molecule has 0 bridgehead atoms. The van der Waals surface area contributed by atoms with Gasteiger partial charge in [0.15, 0.2) is 11.6 Å². The lowest BCUT2D eigenvalue weighted by molar-refractivity contribution is 0.346. The van der Waals surface area contributed by atoms with E-state index in [4.69, 9.17) is 39.8 Å². The van der Waals surface area contributed by atoms with Gasteiger partial charge in [0.05, 0.1) is 10.0 Å². The second-order valence-electron chi connectivity index (χ2n) is 10.2. The molecule has 4 rings (SSSR count). The maximum absolute atomic E-state index is 6.42. The molecule has 0 amide bonds. The summed E-state index contributed by atoms with van der Waals surface area (Å²) in [5.41, 5.74) is 4.91. The summed E-state index contributed by atoms with van der Waals surface area (Å²) in [7, 11) is 0. The summed E-state index contributed by atoms with van der Waals surface area (Å²) in [6.07, 6.45) is 3.61. The van der Waals surface area contributed by atoms with Gasteiger partial charge < -0.3 is 0 Å². The molecule has 3 aromatic carbocycles.